The number of esters is 1. The van der Waals surface area contributed by atoms with Gasteiger partial charge < -0.3 is 15.0 Å². The van der Waals surface area contributed by atoms with Gasteiger partial charge in [0.25, 0.3) is 5.91 Å². The minimum Gasteiger partial charge on any atom is -0.465 e. The van der Waals surface area contributed by atoms with Crippen LogP contribution in [0.5, 0.6) is 0 Å². The summed E-state index contributed by atoms with van der Waals surface area (Å²) in [5.74, 6) is -0.823. The molecule has 0 aliphatic heterocycles. The zero-order valence-corrected chi connectivity index (χ0v) is 14.0. The number of benzene rings is 1. The van der Waals surface area contributed by atoms with Gasteiger partial charge in [0.05, 0.1) is 18.2 Å². The van der Waals surface area contributed by atoms with Crippen LogP contribution in [0.4, 0.5) is 0 Å². The van der Waals surface area contributed by atoms with Crippen molar-refractivity contribution in [3.63, 3.8) is 0 Å². The van der Waals surface area contributed by atoms with Gasteiger partial charge in [0.1, 0.15) is 0 Å². The predicted molar refractivity (Wildman–Crippen MR) is 89.5 cm³/mol. The van der Waals surface area contributed by atoms with Crippen LogP contribution >= 0.6 is 0 Å². The zero-order chi connectivity index (χ0) is 17.1. The van der Waals surface area contributed by atoms with Gasteiger partial charge in [0.15, 0.2) is 0 Å². The van der Waals surface area contributed by atoms with Gasteiger partial charge in [-0.05, 0) is 38.0 Å². The van der Waals surface area contributed by atoms with Gasteiger partial charge in [-0.2, -0.15) is 0 Å². The summed E-state index contributed by atoms with van der Waals surface area (Å²) < 4.78 is 6.82. The molecule has 5 heteroatoms. The third-order valence-corrected chi connectivity index (χ3v) is 4.07. The van der Waals surface area contributed by atoms with Crippen molar-refractivity contribution in [1.29, 1.82) is 0 Å². The summed E-state index contributed by atoms with van der Waals surface area (Å²) in [5.41, 5.74) is 10.2. The van der Waals surface area contributed by atoms with Gasteiger partial charge in [-0.1, -0.05) is 19.1 Å². The molecule has 1 heterocycles. The first kappa shape index (κ1) is 16.8. The van der Waals surface area contributed by atoms with Crippen LogP contribution < -0.4 is 5.73 Å². The molecule has 0 saturated carbocycles. The monoisotopic (exact) mass is 314 g/mol. The molecule has 0 radical (unpaired) electrons. The Bertz CT molecular complexity index is 743. The minimum absolute atomic E-state index is 0.386. The Hall–Kier alpha value is -2.56. The largest absolute Gasteiger partial charge is 0.465 e. The van der Waals surface area contributed by atoms with Crippen LogP contribution in [0.15, 0.2) is 24.3 Å². The maximum absolute atomic E-state index is 11.9. The van der Waals surface area contributed by atoms with Crippen molar-refractivity contribution in [1.82, 2.24) is 4.57 Å². The molecule has 2 rings (SSSR count). The number of nitrogens with two attached hydrogens (primary N) is 1. The summed E-state index contributed by atoms with van der Waals surface area (Å²) in [6.45, 7) is 6.82. The van der Waals surface area contributed by atoms with E-state index >= 15 is 0 Å². The first-order chi connectivity index (χ1) is 10.9. The number of carbonyl (C=O) groups excluding carboxylic acids is 2. The first-order valence-corrected chi connectivity index (χ1v) is 7.60. The summed E-state index contributed by atoms with van der Waals surface area (Å²) >= 11 is 0. The summed E-state index contributed by atoms with van der Waals surface area (Å²) in [6, 6.07) is 7.02. The molecule has 5 nitrogen and oxygen atoms in total. The smallest absolute Gasteiger partial charge is 0.337 e. The lowest BCUT2D eigenvalue weighted by Gasteiger charge is -2.08. The molecule has 0 aliphatic rings. The fourth-order valence-electron chi connectivity index (χ4n) is 2.99. The highest BCUT2D eigenvalue weighted by Gasteiger charge is 2.22. The van der Waals surface area contributed by atoms with E-state index in [1.54, 1.807) is 12.1 Å². The third kappa shape index (κ3) is 2.99. The number of rotatable bonds is 5. The quantitative estimate of drug-likeness (QED) is 0.862. The molecule has 0 spiro atoms. The minimum atomic E-state index is -0.438. The number of methoxy groups -OCH3 is 1. The molecule has 23 heavy (non-hydrogen) atoms. The SMILES string of the molecule is CCCn1c(C)c(C(N)=O)c(-c2ccc(C(=O)OC)cc2)c1C. The van der Waals surface area contributed by atoms with Crippen LogP contribution in [0, 0.1) is 13.8 Å². The number of aromatic nitrogens is 1. The van der Waals surface area contributed by atoms with E-state index in [2.05, 4.69) is 11.5 Å². The zero-order valence-electron chi connectivity index (χ0n) is 14.0. The lowest BCUT2D eigenvalue weighted by atomic mass is 9.99. The molecule has 0 saturated heterocycles. The van der Waals surface area contributed by atoms with Crippen LogP contribution in [0.25, 0.3) is 11.1 Å². The third-order valence-electron chi connectivity index (χ3n) is 4.07. The molecule has 0 fully saturated rings. The molecule has 0 atom stereocenters. The highest BCUT2D eigenvalue weighted by molar-refractivity contribution is 6.02. The van der Waals surface area contributed by atoms with E-state index in [9.17, 15) is 9.59 Å². The van der Waals surface area contributed by atoms with E-state index in [-0.39, 0.29) is 5.97 Å². The number of primary amides is 1. The highest BCUT2D eigenvalue weighted by Crippen LogP contribution is 2.32. The van der Waals surface area contributed by atoms with Crippen molar-refractivity contribution in [2.24, 2.45) is 5.73 Å². The molecule has 1 aromatic heterocycles. The number of amides is 1. The van der Waals surface area contributed by atoms with Crippen molar-refractivity contribution in [3.8, 4) is 11.1 Å². The van der Waals surface area contributed by atoms with Gasteiger partial charge in [-0.25, -0.2) is 4.79 Å². The van der Waals surface area contributed by atoms with E-state index in [1.807, 2.05) is 26.0 Å². The fraction of sp³-hybridized carbons (Fsp3) is 0.333. The Morgan fingerprint density at radius 3 is 2.22 bits per heavy atom. The van der Waals surface area contributed by atoms with Crippen LogP contribution in [0.2, 0.25) is 0 Å². The second-order valence-electron chi connectivity index (χ2n) is 5.51. The van der Waals surface area contributed by atoms with E-state index in [0.717, 1.165) is 35.5 Å². The number of nitrogens with zero attached hydrogens (tertiary/aromatic N) is 1. The number of ether oxygens (including phenoxy) is 1. The summed E-state index contributed by atoms with van der Waals surface area (Å²) in [4.78, 5) is 23.5. The van der Waals surface area contributed by atoms with Gasteiger partial charge >= 0.3 is 5.97 Å². The highest BCUT2D eigenvalue weighted by atomic mass is 16.5. The average Bonchev–Trinajstić information content (AvgIpc) is 2.79. The molecular weight excluding hydrogens is 292 g/mol. The molecule has 1 amide bonds. The second-order valence-corrected chi connectivity index (χ2v) is 5.51. The van der Waals surface area contributed by atoms with Crippen LogP contribution in [-0.2, 0) is 11.3 Å². The normalized spacial score (nSPS) is 10.6. The van der Waals surface area contributed by atoms with Crippen LogP contribution in [-0.4, -0.2) is 23.6 Å². The Labute approximate surface area is 136 Å². The van der Waals surface area contributed by atoms with Crippen molar-refractivity contribution >= 4 is 11.9 Å². The molecule has 1 aromatic carbocycles. The molecule has 2 N–H and O–H groups in total. The number of hydrogen-bond acceptors (Lipinski definition) is 3. The van der Waals surface area contributed by atoms with Gasteiger partial charge in [0.2, 0.25) is 0 Å². The maximum atomic E-state index is 11.9. The van der Waals surface area contributed by atoms with Crippen LogP contribution in [0.3, 0.4) is 0 Å². The number of carbonyl (C=O) groups is 2. The Kier molecular flexibility index (Phi) is 4.89. The standard InChI is InChI=1S/C18H22N2O3/c1-5-10-20-11(2)15(16(12(20)3)17(19)21)13-6-8-14(9-7-13)18(22)23-4/h6-9H,5,10H2,1-4H3,(H2,19,21). The van der Waals surface area contributed by atoms with Crippen molar-refractivity contribution in [2.45, 2.75) is 33.7 Å². The van der Waals surface area contributed by atoms with Gasteiger partial charge in [0, 0.05) is 23.5 Å². The summed E-state index contributed by atoms with van der Waals surface area (Å²) in [6.07, 6.45) is 0.968. The van der Waals surface area contributed by atoms with Crippen molar-refractivity contribution in [3.05, 3.63) is 46.8 Å². The maximum Gasteiger partial charge on any atom is 0.337 e. The molecule has 122 valence electrons. The summed E-state index contributed by atoms with van der Waals surface area (Å²) in [7, 11) is 1.35. The van der Waals surface area contributed by atoms with Crippen molar-refractivity contribution in [2.75, 3.05) is 7.11 Å². The molecule has 0 bridgehead atoms. The van der Waals surface area contributed by atoms with E-state index in [0.29, 0.717) is 11.1 Å². The Morgan fingerprint density at radius 1 is 1.13 bits per heavy atom. The first-order valence-electron chi connectivity index (χ1n) is 7.60. The van der Waals surface area contributed by atoms with Gasteiger partial charge in [-0.15, -0.1) is 0 Å². The topological polar surface area (TPSA) is 74.3 Å². The Balaban J connectivity index is 2.60. The molecule has 0 aliphatic carbocycles. The second kappa shape index (κ2) is 6.69. The Morgan fingerprint density at radius 2 is 1.74 bits per heavy atom. The predicted octanol–water partition coefficient (Wildman–Crippen LogP) is 3.07. The lowest BCUT2D eigenvalue weighted by molar-refractivity contribution is 0.0600. The molecular formula is C18H22N2O3. The summed E-state index contributed by atoms with van der Waals surface area (Å²) in [5, 5.41) is 0. The average molecular weight is 314 g/mol. The number of hydrogen-bond donors (Lipinski definition) is 1. The van der Waals surface area contributed by atoms with Crippen LogP contribution in [0.1, 0.15) is 45.4 Å². The van der Waals surface area contributed by atoms with Crippen molar-refractivity contribution < 1.29 is 14.3 Å². The molecule has 0 unspecified atom stereocenters. The fourth-order valence-corrected chi connectivity index (χ4v) is 2.99. The van der Waals surface area contributed by atoms with E-state index in [1.165, 1.54) is 7.11 Å². The molecule has 2 aromatic rings. The van der Waals surface area contributed by atoms with E-state index in [4.69, 9.17) is 10.5 Å². The van der Waals surface area contributed by atoms with Gasteiger partial charge in [-0.3, -0.25) is 4.79 Å². The lowest BCUT2D eigenvalue weighted by Crippen LogP contribution is -2.13. The van der Waals surface area contributed by atoms with E-state index < -0.39 is 5.91 Å².